The third-order valence-corrected chi connectivity index (χ3v) is 9.59. The summed E-state index contributed by atoms with van der Waals surface area (Å²) in [6.45, 7) is 6.87. The Bertz CT molecular complexity index is 2030. The molecular weight excluding hydrogens is 625 g/mol. The van der Waals surface area contributed by atoms with Crippen molar-refractivity contribution >= 4 is 44.2 Å². The molecule has 2 fully saturated rings. The third-order valence-electron chi connectivity index (χ3n) is 8.15. The van der Waals surface area contributed by atoms with Gasteiger partial charge in [-0.2, -0.15) is 4.98 Å². The number of nitrogens with zero attached hydrogens (tertiary/aromatic N) is 5. The van der Waals surface area contributed by atoms with Gasteiger partial charge in [-0.3, -0.25) is 4.79 Å². The van der Waals surface area contributed by atoms with E-state index in [9.17, 15) is 23.1 Å². The maximum absolute atomic E-state index is 16.1. The minimum atomic E-state index is -3.89. The molecule has 2 aliphatic rings. The van der Waals surface area contributed by atoms with E-state index < -0.39 is 21.3 Å². The number of hydrogen-bond donors (Lipinski definition) is 1. The fourth-order valence-electron chi connectivity index (χ4n) is 5.87. The van der Waals surface area contributed by atoms with Gasteiger partial charge in [0.1, 0.15) is 17.3 Å². The minimum Gasteiger partial charge on any atom is -0.507 e. The number of aromatic hydroxyl groups is 1. The summed E-state index contributed by atoms with van der Waals surface area (Å²) in [5.41, 5.74) is -0.790. The molecule has 2 aromatic carbocycles. The lowest BCUT2D eigenvalue weighted by molar-refractivity contribution is -0.126. The Morgan fingerprint density at radius 1 is 1.18 bits per heavy atom. The van der Waals surface area contributed by atoms with Crippen LogP contribution < -0.4 is 10.6 Å². The summed E-state index contributed by atoms with van der Waals surface area (Å²) >= 11 is 6.39. The molecule has 14 heteroatoms. The highest BCUT2D eigenvalue weighted by molar-refractivity contribution is 7.90. The number of fused-ring (bicyclic) bond motifs is 1. The van der Waals surface area contributed by atoms with Crippen LogP contribution in [0.2, 0.25) is 5.02 Å². The van der Waals surface area contributed by atoms with Gasteiger partial charge in [-0.05, 0) is 42.8 Å². The van der Waals surface area contributed by atoms with Crippen molar-refractivity contribution in [3.63, 3.8) is 0 Å². The average Bonchev–Trinajstić information content (AvgIpc) is 2.96. The number of anilines is 1. The zero-order valence-corrected chi connectivity index (χ0v) is 26.0. The average molecular weight is 654 g/mol. The number of rotatable bonds is 6. The first-order chi connectivity index (χ1) is 21.4. The molecular formula is C31H29ClFN5O6S. The molecule has 1 atom stereocenters. The van der Waals surface area contributed by atoms with Gasteiger partial charge in [0, 0.05) is 37.8 Å². The number of phenols is 1. The summed E-state index contributed by atoms with van der Waals surface area (Å²) in [6, 6.07) is 9.80. The van der Waals surface area contributed by atoms with E-state index in [-0.39, 0.29) is 73.9 Å². The van der Waals surface area contributed by atoms with E-state index in [1.165, 1.54) is 30.3 Å². The predicted molar refractivity (Wildman–Crippen MR) is 167 cm³/mol. The van der Waals surface area contributed by atoms with E-state index in [0.29, 0.717) is 31.9 Å². The maximum Gasteiger partial charge on any atom is 0.355 e. The number of aromatic nitrogens is 3. The molecule has 0 spiro atoms. The first kappa shape index (κ1) is 30.7. The van der Waals surface area contributed by atoms with Gasteiger partial charge in [0.15, 0.2) is 21.3 Å². The summed E-state index contributed by atoms with van der Waals surface area (Å²) in [4.78, 5) is 38.7. The maximum atomic E-state index is 16.1. The fourth-order valence-corrected chi connectivity index (χ4v) is 7.02. The van der Waals surface area contributed by atoms with Gasteiger partial charge in [0.25, 0.3) is 0 Å². The van der Waals surface area contributed by atoms with E-state index in [0.717, 1.165) is 16.9 Å². The number of hydrogen-bond acceptors (Lipinski definition) is 9. The second kappa shape index (κ2) is 11.5. The normalized spacial score (nSPS) is 17.4. The van der Waals surface area contributed by atoms with E-state index >= 15 is 4.39 Å². The van der Waals surface area contributed by atoms with Gasteiger partial charge >= 0.3 is 5.69 Å². The van der Waals surface area contributed by atoms with Crippen LogP contribution >= 0.6 is 11.6 Å². The van der Waals surface area contributed by atoms with Crippen LogP contribution in [0.1, 0.15) is 18.4 Å². The van der Waals surface area contributed by atoms with Crippen LogP contribution in [0.15, 0.2) is 64.8 Å². The number of phenolic OH excluding ortho intramolecular Hbond substituents is 1. The van der Waals surface area contributed by atoms with Crippen molar-refractivity contribution in [1.82, 2.24) is 19.4 Å². The highest BCUT2D eigenvalue weighted by Crippen LogP contribution is 2.40. The highest BCUT2D eigenvalue weighted by atomic mass is 35.5. The number of carbonyl (C=O) groups is 1. The molecule has 2 aromatic heterocycles. The Morgan fingerprint density at radius 3 is 2.53 bits per heavy atom. The number of sulfone groups is 1. The lowest BCUT2D eigenvalue weighted by Crippen LogP contribution is -2.54. The largest absolute Gasteiger partial charge is 0.507 e. The van der Waals surface area contributed by atoms with Crippen LogP contribution in [-0.2, 0) is 19.4 Å². The Hall–Kier alpha value is -4.33. The Labute approximate surface area is 263 Å². The van der Waals surface area contributed by atoms with Crippen molar-refractivity contribution in [3.8, 4) is 22.7 Å². The van der Waals surface area contributed by atoms with Gasteiger partial charge in [-0.1, -0.05) is 36.4 Å². The van der Waals surface area contributed by atoms with Crippen molar-refractivity contribution < 1.29 is 27.4 Å². The van der Waals surface area contributed by atoms with Gasteiger partial charge < -0.3 is 19.6 Å². The third kappa shape index (κ3) is 5.34. The topological polar surface area (TPSA) is 135 Å². The SMILES string of the molecule is C=CC(=O)N1CCN(c2nc(=O)n(-c3c(C4COC4)cccc3S(C)(=O)=O)c3nc(-c4c(O)cccc4Cl)c(F)cc23)[C@@H](C)C1. The zero-order chi connectivity index (χ0) is 32.2. The quantitative estimate of drug-likeness (QED) is 0.309. The summed E-state index contributed by atoms with van der Waals surface area (Å²) in [6.07, 6.45) is 2.26. The highest BCUT2D eigenvalue weighted by Gasteiger charge is 2.33. The molecule has 0 saturated carbocycles. The molecule has 6 rings (SSSR count). The number of halogens is 2. The Balaban J connectivity index is 1.69. The molecule has 0 radical (unpaired) electrons. The minimum absolute atomic E-state index is 0.0180. The van der Waals surface area contributed by atoms with E-state index in [1.807, 2.05) is 6.92 Å². The summed E-state index contributed by atoms with van der Waals surface area (Å²) in [5.74, 6) is -1.52. The van der Waals surface area contributed by atoms with E-state index in [1.54, 1.807) is 21.9 Å². The molecule has 0 bridgehead atoms. The lowest BCUT2D eigenvalue weighted by atomic mass is 9.95. The summed E-state index contributed by atoms with van der Waals surface area (Å²) < 4.78 is 48.7. The predicted octanol–water partition coefficient (Wildman–Crippen LogP) is 3.69. The molecule has 234 valence electrons. The van der Waals surface area contributed by atoms with Gasteiger partial charge in [0.05, 0.1) is 39.8 Å². The van der Waals surface area contributed by atoms with Crippen LogP contribution in [0.5, 0.6) is 5.75 Å². The van der Waals surface area contributed by atoms with E-state index in [4.69, 9.17) is 16.3 Å². The molecule has 11 nitrogen and oxygen atoms in total. The zero-order valence-electron chi connectivity index (χ0n) is 24.4. The number of amides is 1. The molecule has 2 aliphatic heterocycles. The van der Waals surface area contributed by atoms with Crippen LogP contribution in [0.25, 0.3) is 28.0 Å². The monoisotopic (exact) mass is 653 g/mol. The van der Waals surface area contributed by atoms with Crippen molar-refractivity contribution in [2.75, 3.05) is 44.0 Å². The second-order valence-electron chi connectivity index (χ2n) is 11.1. The lowest BCUT2D eigenvalue weighted by Gasteiger charge is -2.40. The molecule has 0 unspecified atom stereocenters. The van der Waals surface area contributed by atoms with Gasteiger partial charge in [0.2, 0.25) is 5.91 Å². The van der Waals surface area contributed by atoms with Crippen molar-refractivity contribution in [1.29, 1.82) is 0 Å². The van der Waals surface area contributed by atoms with Crippen LogP contribution in [-0.4, -0.2) is 84.0 Å². The van der Waals surface area contributed by atoms with Crippen molar-refractivity contribution in [2.24, 2.45) is 0 Å². The molecule has 2 saturated heterocycles. The molecule has 1 N–H and O–H groups in total. The summed E-state index contributed by atoms with van der Waals surface area (Å²) in [5, 5.41) is 10.8. The first-order valence-electron chi connectivity index (χ1n) is 14.1. The number of piperazine rings is 1. The standard InChI is InChI=1S/C31H29ClFN5O6S/c1-4-25(40)36-11-12-37(17(2)14-36)29-20-13-22(33)27(26-21(32)8-6-9-23(26)39)34-30(20)38(31(41)35-29)28-19(18-15-44-16-18)7-5-10-24(28)45(3,42)43/h4-10,13,17-18,39H,1,11-12,14-16H2,2-3H3/t17-/m0/s1. The molecule has 0 aliphatic carbocycles. The first-order valence-corrected chi connectivity index (χ1v) is 16.4. The molecule has 4 aromatic rings. The summed E-state index contributed by atoms with van der Waals surface area (Å²) in [7, 11) is -3.89. The fraction of sp³-hybridized carbons (Fsp3) is 0.290. The van der Waals surface area contributed by atoms with E-state index in [2.05, 4.69) is 16.5 Å². The Kier molecular flexibility index (Phi) is 7.88. The Morgan fingerprint density at radius 2 is 1.91 bits per heavy atom. The number of benzene rings is 2. The number of ether oxygens (including phenoxy) is 1. The van der Waals surface area contributed by atoms with Crippen LogP contribution in [0.3, 0.4) is 0 Å². The number of para-hydroxylation sites is 1. The molecule has 45 heavy (non-hydrogen) atoms. The number of carbonyl (C=O) groups excluding carboxylic acids is 1. The van der Waals surface area contributed by atoms with Gasteiger partial charge in [-0.15, -0.1) is 0 Å². The second-order valence-corrected chi connectivity index (χ2v) is 13.5. The van der Waals surface area contributed by atoms with Crippen molar-refractivity contribution in [3.05, 3.63) is 82.0 Å². The smallest absolute Gasteiger partial charge is 0.355 e. The van der Waals surface area contributed by atoms with Crippen LogP contribution in [0, 0.1) is 5.82 Å². The molecule has 4 heterocycles. The van der Waals surface area contributed by atoms with Crippen molar-refractivity contribution in [2.45, 2.75) is 23.8 Å². The molecule has 1 amide bonds. The van der Waals surface area contributed by atoms with Gasteiger partial charge in [-0.25, -0.2) is 27.2 Å². The number of pyridine rings is 1. The van der Waals surface area contributed by atoms with Crippen LogP contribution in [0.4, 0.5) is 10.2 Å².